The first-order valence-corrected chi connectivity index (χ1v) is 9.53. The van der Waals surface area contributed by atoms with Gasteiger partial charge in [0.1, 0.15) is 17.5 Å². The molecule has 1 aliphatic heterocycles. The Hall–Kier alpha value is -3.67. The molecule has 2 aromatic heterocycles. The molecule has 4 rings (SSSR count). The van der Waals surface area contributed by atoms with Gasteiger partial charge in [-0.3, -0.25) is 9.59 Å². The van der Waals surface area contributed by atoms with Crippen molar-refractivity contribution >= 4 is 18.2 Å². The Bertz CT molecular complexity index is 1040. The Morgan fingerprint density at radius 2 is 1.97 bits per heavy atom. The molecule has 0 unspecified atom stereocenters. The minimum absolute atomic E-state index is 0.0562. The molecular weight excluding hydrogens is 386 g/mol. The van der Waals surface area contributed by atoms with E-state index in [2.05, 4.69) is 16.0 Å². The predicted molar refractivity (Wildman–Crippen MR) is 109 cm³/mol. The number of nitrogen functional groups attached to an aromatic ring is 1. The average molecular weight is 409 g/mol. The summed E-state index contributed by atoms with van der Waals surface area (Å²) in [6.07, 6.45) is 2.14. The van der Waals surface area contributed by atoms with Gasteiger partial charge in [-0.05, 0) is 38.8 Å². The van der Waals surface area contributed by atoms with E-state index in [4.69, 9.17) is 20.4 Å². The van der Waals surface area contributed by atoms with Crippen LogP contribution in [-0.2, 0) is 11.3 Å². The van der Waals surface area contributed by atoms with Crippen LogP contribution in [0, 0.1) is 11.3 Å². The van der Waals surface area contributed by atoms with E-state index in [-0.39, 0.29) is 29.8 Å². The predicted octanol–water partition coefficient (Wildman–Crippen LogP) is 2.55. The van der Waals surface area contributed by atoms with E-state index in [1.54, 1.807) is 11.0 Å². The third-order valence-corrected chi connectivity index (χ3v) is 5.16. The summed E-state index contributed by atoms with van der Waals surface area (Å²) in [5, 5.41) is 16.5. The second-order valence-electron chi connectivity index (χ2n) is 7.41. The summed E-state index contributed by atoms with van der Waals surface area (Å²) in [4.78, 5) is 31.9. The van der Waals surface area contributed by atoms with Gasteiger partial charge in [0, 0.05) is 28.8 Å². The van der Waals surface area contributed by atoms with Crippen molar-refractivity contribution in [1.29, 1.82) is 5.26 Å². The molecule has 9 heteroatoms. The summed E-state index contributed by atoms with van der Waals surface area (Å²) in [6.45, 7) is 4.15. The van der Waals surface area contributed by atoms with Crippen LogP contribution in [0.2, 0.25) is 0 Å². The molecule has 9 nitrogen and oxygen atoms in total. The number of carboxylic acid groups (broad SMARTS) is 1. The minimum Gasteiger partial charge on any atom is -0.483 e. The van der Waals surface area contributed by atoms with E-state index in [9.17, 15) is 10.1 Å². The number of fused-ring (bicyclic) bond motifs is 1. The SMILES string of the molecule is COc1nc2c(cc1-c1cc(C3CC3)nc(N)c1C#N)C(=O)N(C(C)C)C2.O=CO. The highest BCUT2D eigenvalue weighted by Crippen LogP contribution is 2.43. The highest BCUT2D eigenvalue weighted by atomic mass is 16.5. The van der Waals surface area contributed by atoms with Crippen LogP contribution in [0.4, 0.5) is 5.82 Å². The van der Waals surface area contributed by atoms with Gasteiger partial charge < -0.3 is 20.5 Å². The summed E-state index contributed by atoms with van der Waals surface area (Å²) < 4.78 is 5.50. The zero-order chi connectivity index (χ0) is 22.0. The number of anilines is 1. The van der Waals surface area contributed by atoms with E-state index in [1.165, 1.54) is 7.11 Å². The maximum absolute atomic E-state index is 12.8. The Labute approximate surface area is 174 Å². The topological polar surface area (TPSA) is 142 Å². The molecule has 3 N–H and O–H groups in total. The molecule has 1 saturated carbocycles. The Balaban J connectivity index is 0.000000806. The summed E-state index contributed by atoms with van der Waals surface area (Å²) in [5.74, 6) is 0.912. The first-order chi connectivity index (χ1) is 14.4. The number of aromatic nitrogens is 2. The fourth-order valence-electron chi connectivity index (χ4n) is 3.50. The summed E-state index contributed by atoms with van der Waals surface area (Å²) >= 11 is 0. The molecule has 156 valence electrons. The van der Waals surface area contributed by atoms with Gasteiger partial charge in [-0.1, -0.05) is 0 Å². The van der Waals surface area contributed by atoms with E-state index in [1.807, 2.05) is 19.9 Å². The van der Waals surface area contributed by atoms with Gasteiger partial charge in [-0.25, -0.2) is 9.97 Å². The van der Waals surface area contributed by atoms with Crippen molar-refractivity contribution in [3.63, 3.8) is 0 Å². The number of rotatable bonds is 4. The number of nitrogens with zero attached hydrogens (tertiary/aromatic N) is 4. The number of methoxy groups -OCH3 is 1. The highest BCUT2D eigenvalue weighted by Gasteiger charge is 2.33. The maximum Gasteiger partial charge on any atom is 0.290 e. The number of carbonyl (C=O) groups is 2. The monoisotopic (exact) mass is 409 g/mol. The van der Waals surface area contributed by atoms with Gasteiger partial charge in [0.25, 0.3) is 12.4 Å². The molecule has 2 aliphatic rings. The molecule has 0 bridgehead atoms. The maximum atomic E-state index is 12.8. The number of amides is 1. The van der Waals surface area contributed by atoms with Crippen LogP contribution in [0.3, 0.4) is 0 Å². The van der Waals surface area contributed by atoms with E-state index in [0.717, 1.165) is 18.5 Å². The zero-order valence-corrected chi connectivity index (χ0v) is 17.0. The normalized spacial score (nSPS) is 14.6. The minimum atomic E-state index is -0.250. The smallest absolute Gasteiger partial charge is 0.290 e. The molecule has 0 spiro atoms. The molecule has 0 radical (unpaired) electrons. The van der Waals surface area contributed by atoms with Crippen LogP contribution in [0.1, 0.15) is 59.9 Å². The van der Waals surface area contributed by atoms with Crippen LogP contribution in [0.25, 0.3) is 11.1 Å². The van der Waals surface area contributed by atoms with Crippen molar-refractivity contribution in [1.82, 2.24) is 14.9 Å². The van der Waals surface area contributed by atoms with Crippen molar-refractivity contribution in [2.45, 2.75) is 45.2 Å². The quantitative estimate of drug-likeness (QED) is 0.734. The molecule has 0 saturated heterocycles. The lowest BCUT2D eigenvalue weighted by atomic mass is 9.98. The number of ether oxygens (including phenoxy) is 1. The van der Waals surface area contributed by atoms with Gasteiger partial charge in [0.05, 0.1) is 24.9 Å². The van der Waals surface area contributed by atoms with Crippen molar-refractivity contribution < 1.29 is 19.4 Å². The lowest BCUT2D eigenvalue weighted by Gasteiger charge is -2.19. The van der Waals surface area contributed by atoms with E-state index >= 15 is 0 Å². The first-order valence-electron chi connectivity index (χ1n) is 9.53. The van der Waals surface area contributed by atoms with Crippen LogP contribution in [-0.4, -0.2) is 45.5 Å². The second-order valence-corrected chi connectivity index (χ2v) is 7.41. The Kier molecular flexibility index (Phi) is 5.87. The van der Waals surface area contributed by atoms with Crippen molar-refractivity contribution in [3.05, 3.63) is 34.6 Å². The number of hydrogen-bond acceptors (Lipinski definition) is 7. The fraction of sp³-hybridized carbons (Fsp3) is 0.381. The molecule has 2 aromatic rings. The number of nitriles is 1. The number of nitrogens with two attached hydrogens (primary N) is 1. The molecule has 0 atom stereocenters. The third kappa shape index (κ3) is 3.76. The zero-order valence-electron chi connectivity index (χ0n) is 17.0. The third-order valence-electron chi connectivity index (χ3n) is 5.16. The van der Waals surface area contributed by atoms with Gasteiger partial charge in [-0.15, -0.1) is 0 Å². The fourth-order valence-corrected chi connectivity index (χ4v) is 3.50. The van der Waals surface area contributed by atoms with Crippen molar-refractivity contribution in [2.75, 3.05) is 12.8 Å². The van der Waals surface area contributed by atoms with E-state index in [0.29, 0.717) is 40.7 Å². The standard InChI is InChI=1S/C20H21N5O2.CH2O2/c1-10(2)25-9-17-14(20(25)26)6-13(19(24-17)27-3)12-7-16(11-4-5-11)23-18(22)15(12)8-21;2-1-3/h6-7,10-11H,4-5,9H2,1-3H3,(H2,22,23);1H,(H,2,3). The van der Waals surface area contributed by atoms with Gasteiger partial charge in [-0.2, -0.15) is 5.26 Å². The van der Waals surface area contributed by atoms with Crippen LogP contribution in [0.5, 0.6) is 5.88 Å². The van der Waals surface area contributed by atoms with Crippen LogP contribution >= 0.6 is 0 Å². The molecule has 0 aromatic carbocycles. The van der Waals surface area contributed by atoms with Crippen molar-refractivity contribution in [2.24, 2.45) is 0 Å². The summed E-state index contributed by atoms with van der Waals surface area (Å²) in [5.41, 5.74) is 9.68. The molecule has 3 heterocycles. The highest BCUT2D eigenvalue weighted by molar-refractivity contribution is 5.99. The molecule has 1 fully saturated rings. The largest absolute Gasteiger partial charge is 0.483 e. The number of pyridine rings is 2. The Morgan fingerprint density at radius 3 is 2.50 bits per heavy atom. The lowest BCUT2D eigenvalue weighted by Crippen LogP contribution is -2.30. The van der Waals surface area contributed by atoms with Gasteiger partial charge in [0.15, 0.2) is 0 Å². The summed E-state index contributed by atoms with van der Waals surface area (Å²) in [7, 11) is 1.54. The van der Waals surface area contributed by atoms with Gasteiger partial charge in [0.2, 0.25) is 5.88 Å². The average Bonchev–Trinajstić information content (AvgIpc) is 3.51. The van der Waals surface area contributed by atoms with Gasteiger partial charge >= 0.3 is 0 Å². The van der Waals surface area contributed by atoms with Crippen LogP contribution < -0.4 is 10.5 Å². The molecule has 1 aliphatic carbocycles. The number of hydrogen-bond donors (Lipinski definition) is 2. The molecular formula is C21H23N5O4. The number of carbonyl (C=O) groups excluding carboxylic acids is 1. The van der Waals surface area contributed by atoms with Crippen molar-refractivity contribution in [3.8, 4) is 23.1 Å². The summed E-state index contributed by atoms with van der Waals surface area (Å²) in [6, 6.07) is 5.88. The lowest BCUT2D eigenvalue weighted by molar-refractivity contribution is -0.122. The molecule has 30 heavy (non-hydrogen) atoms. The molecule has 1 amide bonds. The second kappa shape index (κ2) is 8.37. The van der Waals surface area contributed by atoms with E-state index < -0.39 is 0 Å². The van der Waals surface area contributed by atoms with Crippen LogP contribution in [0.15, 0.2) is 12.1 Å². The first kappa shape index (κ1) is 21.0. The Morgan fingerprint density at radius 1 is 1.30 bits per heavy atom.